The standard InChI is InChI=1S/C14H17FN2O2/c1-3-16-13(18)11-6-7-17(14(11)19)12-8-10(15)5-4-9(12)2/h4-5,8,11H,3,6-7H2,1-2H3,(H,16,18). The lowest BCUT2D eigenvalue weighted by Crippen LogP contribution is -2.36. The number of amides is 2. The van der Waals surface area contributed by atoms with E-state index in [0.717, 1.165) is 5.56 Å². The number of halogens is 1. The van der Waals surface area contributed by atoms with Crippen molar-refractivity contribution in [2.24, 2.45) is 5.92 Å². The van der Waals surface area contributed by atoms with Crippen LogP contribution in [-0.4, -0.2) is 24.9 Å². The van der Waals surface area contributed by atoms with Gasteiger partial charge in [-0.25, -0.2) is 4.39 Å². The number of hydrogen-bond acceptors (Lipinski definition) is 2. The first-order valence-electron chi connectivity index (χ1n) is 6.39. The van der Waals surface area contributed by atoms with Gasteiger partial charge in [0.25, 0.3) is 0 Å². The minimum Gasteiger partial charge on any atom is -0.356 e. The van der Waals surface area contributed by atoms with Crippen molar-refractivity contribution in [3.8, 4) is 0 Å². The van der Waals surface area contributed by atoms with Crippen LogP contribution in [0, 0.1) is 18.7 Å². The zero-order chi connectivity index (χ0) is 14.0. The molecule has 0 bridgehead atoms. The highest BCUT2D eigenvalue weighted by Crippen LogP contribution is 2.28. The minimum atomic E-state index is -0.650. The van der Waals surface area contributed by atoms with Gasteiger partial charge >= 0.3 is 0 Å². The van der Waals surface area contributed by atoms with Crippen molar-refractivity contribution in [3.05, 3.63) is 29.6 Å². The van der Waals surface area contributed by atoms with E-state index < -0.39 is 5.92 Å². The Morgan fingerprint density at radius 1 is 1.53 bits per heavy atom. The lowest BCUT2D eigenvalue weighted by Gasteiger charge is -2.19. The maximum atomic E-state index is 13.3. The van der Waals surface area contributed by atoms with Gasteiger partial charge in [-0.1, -0.05) is 6.07 Å². The predicted molar refractivity (Wildman–Crippen MR) is 70.3 cm³/mol. The van der Waals surface area contributed by atoms with E-state index in [4.69, 9.17) is 0 Å². The number of carbonyl (C=O) groups is 2. The smallest absolute Gasteiger partial charge is 0.239 e. The first-order valence-corrected chi connectivity index (χ1v) is 6.39. The van der Waals surface area contributed by atoms with Gasteiger partial charge in [-0.2, -0.15) is 0 Å². The average molecular weight is 264 g/mol. The van der Waals surface area contributed by atoms with E-state index in [9.17, 15) is 14.0 Å². The number of hydrogen-bond donors (Lipinski definition) is 1. The molecular weight excluding hydrogens is 247 g/mol. The predicted octanol–water partition coefficient (Wildman–Crippen LogP) is 1.62. The van der Waals surface area contributed by atoms with Crippen LogP contribution in [0.15, 0.2) is 18.2 Å². The summed E-state index contributed by atoms with van der Waals surface area (Å²) >= 11 is 0. The van der Waals surface area contributed by atoms with Crippen LogP contribution in [0.3, 0.4) is 0 Å². The molecule has 1 fully saturated rings. The van der Waals surface area contributed by atoms with Crippen LogP contribution in [0.25, 0.3) is 0 Å². The molecule has 1 aromatic carbocycles. The molecule has 1 unspecified atom stereocenters. The molecule has 19 heavy (non-hydrogen) atoms. The number of nitrogens with zero attached hydrogens (tertiary/aromatic N) is 1. The summed E-state index contributed by atoms with van der Waals surface area (Å²) < 4.78 is 13.3. The van der Waals surface area contributed by atoms with Crippen LogP contribution >= 0.6 is 0 Å². The van der Waals surface area contributed by atoms with Gasteiger partial charge in [0, 0.05) is 18.8 Å². The van der Waals surface area contributed by atoms with Gasteiger partial charge in [0.2, 0.25) is 11.8 Å². The van der Waals surface area contributed by atoms with Crippen LogP contribution in [0.1, 0.15) is 18.9 Å². The molecule has 2 amide bonds. The van der Waals surface area contributed by atoms with Crippen LogP contribution in [-0.2, 0) is 9.59 Å². The van der Waals surface area contributed by atoms with Gasteiger partial charge in [0.1, 0.15) is 11.7 Å². The SMILES string of the molecule is CCNC(=O)C1CCN(c2cc(F)ccc2C)C1=O. The molecule has 1 aliphatic heterocycles. The topological polar surface area (TPSA) is 49.4 Å². The summed E-state index contributed by atoms with van der Waals surface area (Å²) in [5.41, 5.74) is 1.38. The second-order valence-electron chi connectivity index (χ2n) is 4.66. The Morgan fingerprint density at radius 2 is 2.26 bits per heavy atom. The van der Waals surface area contributed by atoms with E-state index >= 15 is 0 Å². The summed E-state index contributed by atoms with van der Waals surface area (Å²) in [5.74, 6) is -1.53. The third kappa shape index (κ3) is 2.59. The molecule has 0 saturated carbocycles. The molecule has 0 aromatic heterocycles. The Labute approximate surface area is 111 Å². The van der Waals surface area contributed by atoms with E-state index in [0.29, 0.717) is 25.2 Å². The average Bonchev–Trinajstić information content (AvgIpc) is 2.74. The van der Waals surface area contributed by atoms with Crippen LogP contribution < -0.4 is 10.2 Å². The molecule has 5 heteroatoms. The number of rotatable bonds is 3. The van der Waals surface area contributed by atoms with Crippen LogP contribution in [0.5, 0.6) is 0 Å². The van der Waals surface area contributed by atoms with Crippen molar-refractivity contribution in [3.63, 3.8) is 0 Å². The summed E-state index contributed by atoms with van der Waals surface area (Å²) in [6, 6.07) is 4.34. The third-order valence-corrected chi connectivity index (χ3v) is 3.33. The van der Waals surface area contributed by atoms with Crippen molar-refractivity contribution in [2.75, 3.05) is 18.0 Å². The fourth-order valence-electron chi connectivity index (χ4n) is 2.33. The van der Waals surface area contributed by atoms with Crippen molar-refractivity contribution in [1.29, 1.82) is 0 Å². The number of carbonyl (C=O) groups excluding carboxylic acids is 2. The first kappa shape index (κ1) is 13.5. The highest BCUT2D eigenvalue weighted by atomic mass is 19.1. The minimum absolute atomic E-state index is 0.246. The molecule has 1 saturated heterocycles. The van der Waals surface area contributed by atoms with Crippen LogP contribution in [0.2, 0.25) is 0 Å². The summed E-state index contributed by atoms with van der Waals surface area (Å²) in [6.07, 6.45) is 0.473. The van der Waals surface area contributed by atoms with Gasteiger partial charge in [0.05, 0.1) is 0 Å². The van der Waals surface area contributed by atoms with E-state index in [-0.39, 0.29) is 17.6 Å². The molecule has 102 valence electrons. The molecule has 2 rings (SSSR count). The van der Waals surface area contributed by atoms with Gasteiger partial charge < -0.3 is 10.2 Å². The Balaban J connectivity index is 2.22. The molecule has 1 heterocycles. The van der Waals surface area contributed by atoms with Gasteiger partial charge in [-0.3, -0.25) is 9.59 Å². The van der Waals surface area contributed by atoms with Crippen molar-refractivity contribution >= 4 is 17.5 Å². The van der Waals surface area contributed by atoms with E-state index in [1.54, 1.807) is 6.07 Å². The molecule has 0 spiro atoms. The highest BCUT2D eigenvalue weighted by Gasteiger charge is 2.37. The van der Waals surface area contributed by atoms with E-state index in [2.05, 4.69) is 5.32 Å². The third-order valence-electron chi connectivity index (χ3n) is 3.33. The Bertz CT molecular complexity index is 516. The Morgan fingerprint density at radius 3 is 2.95 bits per heavy atom. The fourth-order valence-corrected chi connectivity index (χ4v) is 2.33. The largest absolute Gasteiger partial charge is 0.356 e. The monoisotopic (exact) mass is 264 g/mol. The summed E-state index contributed by atoms with van der Waals surface area (Å²) in [4.78, 5) is 25.5. The van der Waals surface area contributed by atoms with Crippen LogP contribution in [0.4, 0.5) is 10.1 Å². The first-order chi connectivity index (χ1) is 9.04. The number of benzene rings is 1. The molecule has 0 aliphatic carbocycles. The molecule has 1 aromatic rings. The molecule has 1 aliphatic rings. The maximum absolute atomic E-state index is 13.3. The summed E-state index contributed by atoms with van der Waals surface area (Å²) in [5, 5.41) is 2.66. The van der Waals surface area contributed by atoms with Crippen molar-refractivity contribution in [1.82, 2.24) is 5.32 Å². The number of anilines is 1. The number of nitrogens with one attached hydrogen (secondary N) is 1. The summed E-state index contributed by atoms with van der Waals surface area (Å²) in [7, 11) is 0. The Hall–Kier alpha value is -1.91. The van der Waals surface area contributed by atoms with Crippen molar-refractivity contribution in [2.45, 2.75) is 20.3 Å². The van der Waals surface area contributed by atoms with Gasteiger partial charge in [0.15, 0.2) is 0 Å². The van der Waals surface area contributed by atoms with E-state index in [1.165, 1.54) is 17.0 Å². The maximum Gasteiger partial charge on any atom is 0.239 e. The second kappa shape index (κ2) is 5.38. The zero-order valence-corrected chi connectivity index (χ0v) is 11.1. The fraction of sp³-hybridized carbons (Fsp3) is 0.429. The quantitative estimate of drug-likeness (QED) is 0.843. The van der Waals surface area contributed by atoms with Gasteiger partial charge in [-0.15, -0.1) is 0 Å². The normalized spacial score (nSPS) is 18.8. The molecular formula is C14H17FN2O2. The summed E-state index contributed by atoms with van der Waals surface area (Å²) in [6.45, 7) is 4.58. The zero-order valence-electron chi connectivity index (χ0n) is 11.1. The lowest BCUT2D eigenvalue weighted by molar-refractivity contribution is -0.132. The molecule has 1 N–H and O–H groups in total. The van der Waals surface area contributed by atoms with E-state index in [1.807, 2.05) is 13.8 Å². The number of aryl methyl sites for hydroxylation is 1. The van der Waals surface area contributed by atoms with Crippen molar-refractivity contribution < 1.29 is 14.0 Å². The second-order valence-corrected chi connectivity index (χ2v) is 4.66. The lowest BCUT2D eigenvalue weighted by atomic mass is 10.1. The molecule has 0 radical (unpaired) electrons. The highest BCUT2D eigenvalue weighted by molar-refractivity contribution is 6.09. The van der Waals surface area contributed by atoms with Gasteiger partial charge in [-0.05, 0) is 38.0 Å². The Kier molecular flexibility index (Phi) is 3.83. The molecule has 1 atom stereocenters. The molecule has 4 nitrogen and oxygen atoms in total.